The first-order chi connectivity index (χ1) is 7.07. The SMILES string of the molecule is CCOC(=O)C(=O)[C@@H]1CCC[C@@H](F)C1=O. The van der Waals surface area contributed by atoms with Gasteiger partial charge in [0.25, 0.3) is 5.78 Å². The average molecular weight is 216 g/mol. The highest BCUT2D eigenvalue weighted by Gasteiger charge is 2.39. The van der Waals surface area contributed by atoms with Crippen molar-refractivity contribution in [3.63, 3.8) is 0 Å². The van der Waals surface area contributed by atoms with Crippen molar-refractivity contribution in [1.82, 2.24) is 0 Å². The van der Waals surface area contributed by atoms with Gasteiger partial charge in [-0.15, -0.1) is 0 Å². The lowest BCUT2D eigenvalue weighted by Crippen LogP contribution is -2.38. The maximum Gasteiger partial charge on any atom is 0.375 e. The molecule has 0 bridgehead atoms. The minimum Gasteiger partial charge on any atom is -0.460 e. The second-order valence-electron chi connectivity index (χ2n) is 3.44. The van der Waals surface area contributed by atoms with E-state index in [2.05, 4.69) is 4.74 Å². The molecule has 84 valence electrons. The van der Waals surface area contributed by atoms with Gasteiger partial charge in [0.2, 0.25) is 0 Å². The minimum absolute atomic E-state index is 0.0739. The number of carbonyl (C=O) groups excluding carboxylic acids is 3. The van der Waals surface area contributed by atoms with Crippen molar-refractivity contribution in [1.29, 1.82) is 0 Å². The van der Waals surface area contributed by atoms with Gasteiger partial charge in [0.15, 0.2) is 12.0 Å². The molecule has 0 aromatic rings. The van der Waals surface area contributed by atoms with E-state index in [4.69, 9.17) is 0 Å². The molecule has 1 aliphatic carbocycles. The van der Waals surface area contributed by atoms with Crippen LogP contribution in [0, 0.1) is 5.92 Å². The summed E-state index contributed by atoms with van der Waals surface area (Å²) >= 11 is 0. The molecule has 1 aliphatic rings. The standard InChI is InChI=1S/C10H13FO4/c1-2-15-10(14)9(13)6-4-3-5-7(11)8(6)12/h6-7H,2-5H2,1H3/t6-,7-/m1/s1. The molecule has 5 heteroatoms. The predicted molar refractivity (Wildman–Crippen MR) is 48.9 cm³/mol. The van der Waals surface area contributed by atoms with Crippen molar-refractivity contribution in [2.75, 3.05) is 6.61 Å². The number of hydrogen-bond acceptors (Lipinski definition) is 4. The van der Waals surface area contributed by atoms with Crippen molar-refractivity contribution in [3.05, 3.63) is 0 Å². The van der Waals surface area contributed by atoms with E-state index >= 15 is 0 Å². The van der Waals surface area contributed by atoms with Gasteiger partial charge in [0.05, 0.1) is 12.5 Å². The molecule has 1 fully saturated rings. The summed E-state index contributed by atoms with van der Waals surface area (Å²) < 4.78 is 17.5. The number of ketones is 2. The molecule has 0 radical (unpaired) electrons. The molecule has 0 spiro atoms. The van der Waals surface area contributed by atoms with Gasteiger partial charge in [-0.05, 0) is 26.2 Å². The summed E-state index contributed by atoms with van der Waals surface area (Å²) in [5.74, 6) is -3.86. The van der Waals surface area contributed by atoms with E-state index in [0.29, 0.717) is 6.42 Å². The van der Waals surface area contributed by atoms with Crippen LogP contribution in [0.5, 0.6) is 0 Å². The Balaban J connectivity index is 2.66. The van der Waals surface area contributed by atoms with E-state index in [1.54, 1.807) is 6.92 Å². The normalized spacial score (nSPS) is 26.1. The zero-order chi connectivity index (χ0) is 11.4. The molecule has 0 aromatic carbocycles. The molecule has 0 unspecified atom stereocenters. The molecule has 1 saturated carbocycles. The molecule has 0 amide bonds. The molecule has 0 N–H and O–H groups in total. The topological polar surface area (TPSA) is 60.4 Å². The monoisotopic (exact) mass is 216 g/mol. The highest BCUT2D eigenvalue weighted by atomic mass is 19.1. The van der Waals surface area contributed by atoms with Crippen LogP contribution in [-0.4, -0.2) is 30.3 Å². The van der Waals surface area contributed by atoms with E-state index in [0.717, 1.165) is 0 Å². The summed E-state index contributed by atoms with van der Waals surface area (Å²) in [6.45, 7) is 1.64. The molecular formula is C10H13FO4. The van der Waals surface area contributed by atoms with Crippen LogP contribution in [0.2, 0.25) is 0 Å². The van der Waals surface area contributed by atoms with Crippen molar-refractivity contribution >= 4 is 17.5 Å². The van der Waals surface area contributed by atoms with Gasteiger partial charge in [0.1, 0.15) is 0 Å². The van der Waals surface area contributed by atoms with Gasteiger partial charge in [0, 0.05) is 0 Å². The summed E-state index contributed by atoms with van der Waals surface area (Å²) in [6.07, 6.45) is -0.771. The summed E-state index contributed by atoms with van der Waals surface area (Å²) in [5.41, 5.74) is 0. The number of ether oxygens (including phenoxy) is 1. The first-order valence-electron chi connectivity index (χ1n) is 4.96. The van der Waals surface area contributed by atoms with E-state index in [9.17, 15) is 18.8 Å². The van der Waals surface area contributed by atoms with Crippen LogP contribution in [0.25, 0.3) is 0 Å². The van der Waals surface area contributed by atoms with Gasteiger partial charge in [-0.25, -0.2) is 9.18 Å². The summed E-state index contributed by atoms with van der Waals surface area (Å²) in [6, 6.07) is 0. The Morgan fingerprint density at radius 3 is 2.73 bits per heavy atom. The first-order valence-corrected chi connectivity index (χ1v) is 4.96. The molecular weight excluding hydrogens is 203 g/mol. The second-order valence-corrected chi connectivity index (χ2v) is 3.44. The van der Waals surface area contributed by atoms with Crippen molar-refractivity contribution in [3.8, 4) is 0 Å². The van der Waals surface area contributed by atoms with Crippen LogP contribution in [0.15, 0.2) is 0 Å². The zero-order valence-electron chi connectivity index (χ0n) is 8.49. The molecule has 1 rings (SSSR count). The Morgan fingerprint density at radius 1 is 1.47 bits per heavy atom. The van der Waals surface area contributed by atoms with Gasteiger partial charge in [-0.2, -0.15) is 0 Å². The Hall–Kier alpha value is -1.26. The molecule has 2 atom stereocenters. The fourth-order valence-electron chi connectivity index (χ4n) is 1.61. The lowest BCUT2D eigenvalue weighted by Gasteiger charge is -2.20. The Kier molecular flexibility index (Phi) is 3.94. The maximum atomic E-state index is 13.0. The summed E-state index contributed by atoms with van der Waals surface area (Å²) in [7, 11) is 0. The van der Waals surface area contributed by atoms with Gasteiger partial charge < -0.3 is 4.74 Å². The quantitative estimate of drug-likeness (QED) is 0.398. The van der Waals surface area contributed by atoms with Crippen molar-refractivity contribution in [2.45, 2.75) is 32.4 Å². The van der Waals surface area contributed by atoms with Crippen LogP contribution in [-0.2, 0) is 19.1 Å². The van der Waals surface area contributed by atoms with Crippen LogP contribution in [0.4, 0.5) is 4.39 Å². The number of Topliss-reactive ketones (excluding diaryl/α,β-unsaturated/α-hetero) is 2. The number of rotatable bonds is 3. The molecule has 0 heterocycles. The Labute approximate surface area is 86.8 Å². The second kappa shape index (κ2) is 5.00. The predicted octanol–water partition coefficient (Wildman–Crippen LogP) is 0.826. The van der Waals surface area contributed by atoms with Gasteiger partial charge >= 0.3 is 5.97 Å². The van der Waals surface area contributed by atoms with E-state index in [1.165, 1.54) is 0 Å². The first kappa shape index (κ1) is 11.8. The van der Waals surface area contributed by atoms with E-state index in [-0.39, 0.29) is 19.4 Å². The van der Waals surface area contributed by atoms with Gasteiger partial charge in [-0.1, -0.05) is 0 Å². The highest BCUT2D eigenvalue weighted by Crippen LogP contribution is 2.24. The fraction of sp³-hybridized carbons (Fsp3) is 0.700. The van der Waals surface area contributed by atoms with E-state index in [1.807, 2.05) is 0 Å². The third-order valence-corrected chi connectivity index (χ3v) is 2.40. The van der Waals surface area contributed by atoms with Crippen LogP contribution in [0.1, 0.15) is 26.2 Å². The summed E-state index contributed by atoms with van der Waals surface area (Å²) in [5, 5.41) is 0. The third-order valence-electron chi connectivity index (χ3n) is 2.40. The number of carbonyl (C=O) groups is 3. The average Bonchev–Trinajstić information content (AvgIpc) is 2.21. The molecule has 15 heavy (non-hydrogen) atoms. The smallest absolute Gasteiger partial charge is 0.375 e. The largest absolute Gasteiger partial charge is 0.460 e. The van der Waals surface area contributed by atoms with Crippen molar-refractivity contribution in [2.24, 2.45) is 5.92 Å². The Bertz CT molecular complexity index is 287. The molecule has 4 nitrogen and oxygen atoms in total. The van der Waals surface area contributed by atoms with Crippen LogP contribution >= 0.6 is 0 Å². The third kappa shape index (κ3) is 2.61. The zero-order valence-corrected chi connectivity index (χ0v) is 8.49. The van der Waals surface area contributed by atoms with Crippen LogP contribution in [0.3, 0.4) is 0 Å². The lowest BCUT2D eigenvalue weighted by atomic mass is 9.84. The molecule has 0 aromatic heterocycles. The highest BCUT2D eigenvalue weighted by molar-refractivity contribution is 6.38. The van der Waals surface area contributed by atoms with Crippen molar-refractivity contribution < 1.29 is 23.5 Å². The van der Waals surface area contributed by atoms with Gasteiger partial charge in [-0.3, -0.25) is 9.59 Å². The van der Waals surface area contributed by atoms with Crippen LogP contribution < -0.4 is 0 Å². The number of halogens is 1. The summed E-state index contributed by atoms with van der Waals surface area (Å²) in [4.78, 5) is 33.7. The lowest BCUT2D eigenvalue weighted by molar-refractivity contribution is -0.158. The Morgan fingerprint density at radius 2 is 2.13 bits per heavy atom. The van der Waals surface area contributed by atoms with E-state index < -0.39 is 29.6 Å². The molecule has 0 aliphatic heterocycles. The number of alkyl halides is 1. The fourth-order valence-corrected chi connectivity index (χ4v) is 1.61. The maximum absolute atomic E-state index is 13.0. The number of esters is 1. The molecule has 0 saturated heterocycles. The minimum atomic E-state index is -1.61. The number of hydrogen-bond donors (Lipinski definition) is 0.